The third-order valence-electron chi connectivity index (χ3n) is 2.03. The van der Waals surface area contributed by atoms with Gasteiger partial charge in [0.15, 0.2) is 0 Å². The summed E-state index contributed by atoms with van der Waals surface area (Å²) < 4.78 is 2.42. The lowest BCUT2D eigenvalue weighted by Gasteiger charge is -2.14. The predicted octanol–water partition coefficient (Wildman–Crippen LogP) is 0.821. The van der Waals surface area contributed by atoms with E-state index in [2.05, 4.69) is 23.7 Å². The molecule has 0 radical (unpaired) electrons. The average Bonchev–Trinajstić information content (AvgIpc) is 2.04. The van der Waals surface area contributed by atoms with Crippen LogP contribution in [0.3, 0.4) is 0 Å². The average molecular weight is 141 g/mol. The topological polar surface area (TPSA) is 15.0 Å². The van der Waals surface area contributed by atoms with Crippen molar-refractivity contribution in [3.63, 3.8) is 0 Å². The number of nitrogens with zero attached hydrogens (tertiary/aromatic N) is 1. The largest absolute Gasteiger partial charge is 0.278 e. The molecule has 0 spiro atoms. The molecule has 1 aliphatic rings. The van der Waals surface area contributed by atoms with E-state index in [-0.39, 0.29) is 0 Å². The summed E-state index contributed by atoms with van der Waals surface area (Å²) in [6.45, 7) is 7.97. The molecule has 0 aliphatic carbocycles. The highest BCUT2D eigenvalue weighted by Gasteiger charge is 2.13. The second kappa shape index (κ2) is 3.59. The van der Waals surface area contributed by atoms with Gasteiger partial charge < -0.3 is 0 Å². The maximum atomic E-state index is 3.41. The Morgan fingerprint density at radius 2 is 2.30 bits per heavy atom. The molecular weight excluding hydrogens is 124 g/mol. The standard InChI is InChI=1S/C8H16N2/c1-3-8-9-6-5-7-10(8)4-2/h3-7H2,1-2H3/p+1. The molecule has 58 valence electrons. The van der Waals surface area contributed by atoms with Crippen LogP contribution in [0.4, 0.5) is 0 Å². The number of amidine groups is 1. The van der Waals surface area contributed by atoms with E-state index in [1.807, 2.05) is 0 Å². The van der Waals surface area contributed by atoms with Gasteiger partial charge in [-0.15, -0.1) is 0 Å². The van der Waals surface area contributed by atoms with E-state index >= 15 is 0 Å². The minimum Gasteiger partial charge on any atom is -0.278 e. The molecule has 0 saturated heterocycles. The van der Waals surface area contributed by atoms with Crippen molar-refractivity contribution in [2.75, 3.05) is 19.6 Å². The van der Waals surface area contributed by atoms with Gasteiger partial charge in [0.1, 0.15) is 0 Å². The summed E-state index contributed by atoms with van der Waals surface area (Å²) >= 11 is 0. The summed E-state index contributed by atoms with van der Waals surface area (Å²) in [6.07, 6.45) is 2.44. The lowest BCUT2D eigenvalue weighted by Crippen LogP contribution is -2.40. The fraction of sp³-hybridized carbons (Fsp3) is 0.875. The van der Waals surface area contributed by atoms with E-state index in [0.717, 1.165) is 13.0 Å². The fourth-order valence-electron chi connectivity index (χ4n) is 1.45. The Labute approximate surface area is 62.9 Å². The van der Waals surface area contributed by atoms with Crippen LogP contribution in [0.25, 0.3) is 0 Å². The summed E-state index contributed by atoms with van der Waals surface area (Å²) in [7, 11) is 0. The molecule has 0 amide bonds. The molecule has 10 heavy (non-hydrogen) atoms. The van der Waals surface area contributed by atoms with Gasteiger partial charge in [0.25, 0.3) is 0 Å². The van der Waals surface area contributed by atoms with Crippen molar-refractivity contribution in [3.8, 4) is 0 Å². The third-order valence-corrected chi connectivity index (χ3v) is 2.03. The van der Waals surface area contributed by atoms with E-state index < -0.39 is 0 Å². The highest BCUT2D eigenvalue weighted by atomic mass is 15.1. The molecule has 0 aromatic carbocycles. The maximum Gasteiger partial charge on any atom is 0.244 e. The molecule has 1 rings (SSSR count). The van der Waals surface area contributed by atoms with Crippen molar-refractivity contribution >= 4 is 5.84 Å². The van der Waals surface area contributed by atoms with Crippen LogP contribution in [0.15, 0.2) is 0 Å². The van der Waals surface area contributed by atoms with Gasteiger partial charge in [0, 0.05) is 12.8 Å². The fourth-order valence-corrected chi connectivity index (χ4v) is 1.45. The van der Waals surface area contributed by atoms with E-state index in [1.54, 1.807) is 0 Å². The first-order chi connectivity index (χ1) is 4.88. The van der Waals surface area contributed by atoms with Gasteiger partial charge in [-0.2, -0.15) is 0 Å². The van der Waals surface area contributed by atoms with Gasteiger partial charge in [0.2, 0.25) is 5.84 Å². The number of nitrogens with one attached hydrogen (secondary N) is 1. The maximum absolute atomic E-state index is 3.41. The van der Waals surface area contributed by atoms with Crippen LogP contribution in [-0.4, -0.2) is 30.0 Å². The molecule has 2 heteroatoms. The van der Waals surface area contributed by atoms with Crippen LogP contribution in [0.2, 0.25) is 0 Å². The normalized spacial score (nSPS) is 19.0. The van der Waals surface area contributed by atoms with Crippen molar-refractivity contribution in [2.45, 2.75) is 26.7 Å². The van der Waals surface area contributed by atoms with Gasteiger partial charge in [-0.3, -0.25) is 9.89 Å². The molecule has 0 aromatic heterocycles. The molecular formula is C8H17N2+. The zero-order valence-corrected chi connectivity index (χ0v) is 6.98. The Morgan fingerprint density at radius 1 is 1.50 bits per heavy atom. The summed E-state index contributed by atoms with van der Waals surface area (Å²) in [5.41, 5.74) is 0. The van der Waals surface area contributed by atoms with Crippen LogP contribution in [0.1, 0.15) is 26.7 Å². The SMILES string of the molecule is CCC1=[N+](CC)CCCN1. The van der Waals surface area contributed by atoms with Gasteiger partial charge in [-0.05, 0) is 6.92 Å². The molecule has 0 saturated carbocycles. The Balaban J connectivity index is 2.63. The van der Waals surface area contributed by atoms with E-state index in [1.165, 1.54) is 25.3 Å². The lowest BCUT2D eigenvalue weighted by molar-refractivity contribution is -0.531. The molecule has 0 atom stereocenters. The molecule has 0 fully saturated rings. The summed E-state index contributed by atoms with van der Waals surface area (Å²) in [5, 5.41) is 3.41. The second-order valence-corrected chi connectivity index (χ2v) is 2.66. The van der Waals surface area contributed by atoms with Gasteiger partial charge in [-0.25, -0.2) is 0 Å². The van der Waals surface area contributed by atoms with Gasteiger partial charge >= 0.3 is 0 Å². The van der Waals surface area contributed by atoms with E-state index in [9.17, 15) is 0 Å². The Morgan fingerprint density at radius 3 is 2.80 bits per heavy atom. The van der Waals surface area contributed by atoms with Crippen molar-refractivity contribution in [2.24, 2.45) is 0 Å². The monoisotopic (exact) mass is 141 g/mol. The van der Waals surface area contributed by atoms with Gasteiger partial charge in [0.05, 0.1) is 19.6 Å². The quantitative estimate of drug-likeness (QED) is 0.563. The smallest absolute Gasteiger partial charge is 0.244 e. The van der Waals surface area contributed by atoms with E-state index in [0.29, 0.717) is 0 Å². The summed E-state index contributed by atoms with van der Waals surface area (Å²) in [5.74, 6) is 1.42. The highest BCUT2D eigenvalue weighted by Crippen LogP contribution is 1.93. The first-order valence-corrected chi connectivity index (χ1v) is 4.23. The number of hydrogen-bond acceptors (Lipinski definition) is 1. The molecule has 0 bridgehead atoms. The van der Waals surface area contributed by atoms with Crippen LogP contribution in [-0.2, 0) is 0 Å². The highest BCUT2D eigenvalue weighted by molar-refractivity contribution is 5.77. The molecule has 2 nitrogen and oxygen atoms in total. The van der Waals surface area contributed by atoms with Crippen LogP contribution >= 0.6 is 0 Å². The van der Waals surface area contributed by atoms with Crippen LogP contribution in [0, 0.1) is 0 Å². The zero-order valence-electron chi connectivity index (χ0n) is 6.98. The van der Waals surface area contributed by atoms with Crippen LogP contribution in [0.5, 0.6) is 0 Å². The van der Waals surface area contributed by atoms with Crippen molar-refractivity contribution in [1.82, 2.24) is 5.32 Å². The predicted molar refractivity (Wildman–Crippen MR) is 43.6 cm³/mol. The van der Waals surface area contributed by atoms with Crippen LogP contribution < -0.4 is 5.32 Å². The van der Waals surface area contributed by atoms with Crippen molar-refractivity contribution in [1.29, 1.82) is 0 Å². The Bertz CT molecular complexity index is 122. The molecule has 1 N–H and O–H groups in total. The van der Waals surface area contributed by atoms with E-state index in [4.69, 9.17) is 0 Å². The third kappa shape index (κ3) is 1.49. The summed E-state index contributed by atoms with van der Waals surface area (Å²) in [4.78, 5) is 0. The Hall–Kier alpha value is -0.530. The molecule has 1 heterocycles. The van der Waals surface area contributed by atoms with Gasteiger partial charge in [-0.1, -0.05) is 6.92 Å². The molecule has 0 aromatic rings. The number of hydrogen-bond donors (Lipinski definition) is 1. The lowest BCUT2D eigenvalue weighted by atomic mass is 10.3. The molecule has 0 unspecified atom stereocenters. The minimum atomic E-state index is 1.15. The first kappa shape index (κ1) is 7.58. The molecule has 1 aliphatic heterocycles. The zero-order chi connectivity index (χ0) is 7.40. The second-order valence-electron chi connectivity index (χ2n) is 2.66. The summed E-state index contributed by atoms with van der Waals surface area (Å²) in [6, 6.07) is 0. The van der Waals surface area contributed by atoms with Crippen molar-refractivity contribution in [3.05, 3.63) is 0 Å². The van der Waals surface area contributed by atoms with Crippen molar-refractivity contribution < 1.29 is 4.58 Å². The number of rotatable bonds is 2. The Kier molecular flexibility index (Phi) is 2.72. The first-order valence-electron chi connectivity index (χ1n) is 4.23. The minimum absolute atomic E-state index is 1.15.